The zero-order chi connectivity index (χ0) is 13.8. The molecule has 0 aliphatic carbocycles. The SMILES string of the molecule is CCN1CCN(c2ccc(C(=O)NC)nc2F)CC1. The molecule has 1 N–H and O–H groups in total. The third-order valence-corrected chi connectivity index (χ3v) is 3.45. The number of rotatable bonds is 3. The number of amides is 1. The predicted molar refractivity (Wildman–Crippen MR) is 71.9 cm³/mol. The van der Waals surface area contributed by atoms with Crippen molar-refractivity contribution in [2.45, 2.75) is 6.92 Å². The highest BCUT2D eigenvalue weighted by atomic mass is 19.1. The third kappa shape index (κ3) is 3.01. The molecule has 1 aromatic heterocycles. The minimum absolute atomic E-state index is 0.107. The van der Waals surface area contributed by atoms with Crippen molar-refractivity contribution in [3.8, 4) is 0 Å². The Hall–Kier alpha value is -1.69. The zero-order valence-electron chi connectivity index (χ0n) is 11.3. The standard InChI is InChI=1S/C13H19FN4O/c1-3-17-6-8-18(9-7-17)11-5-4-10(13(19)15-2)16-12(11)14/h4-5H,3,6-9H2,1-2H3,(H,15,19). The van der Waals surface area contributed by atoms with E-state index in [1.807, 2.05) is 4.90 Å². The molecule has 0 spiro atoms. The number of hydrogen-bond acceptors (Lipinski definition) is 4. The Bertz CT molecular complexity index is 458. The smallest absolute Gasteiger partial charge is 0.269 e. The maximum Gasteiger partial charge on any atom is 0.269 e. The number of aromatic nitrogens is 1. The average Bonchev–Trinajstić information content (AvgIpc) is 2.46. The second-order valence-electron chi connectivity index (χ2n) is 4.51. The summed E-state index contributed by atoms with van der Waals surface area (Å²) in [5, 5.41) is 2.43. The fourth-order valence-electron chi connectivity index (χ4n) is 2.22. The van der Waals surface area contributed by atoms with Crippen LogP contribution in [0.15, 0.2) is 12.1 Å². The van der Waals surface area contributed by atoms with Crippen molar-refractivity contribution in [3.05, 3.63) is 23.8 Å². The van der Waals surface area contributed by atoms with E-state index in [9.17, 15) is 9.18 Å². The molecule has 0 unspecified atom stereocenters. The normalized spacial score (nSPS) is 16.5. The highest BCUT2D eigenvalue weighted by molar-refractivity contribution is 5.92. The largest absolute Gasteiger partial charge is 0.365 e. The molecular formula is C13H19FN4O. The molecule has 0 bridgehead atoms. The summed E-state index contributed by atoms with van der Waals surface area (Å²) in [6.45, 7) is 6.55. The van der Waals surface area contributed by atoms with Gasteiger partial charge in [-0.15, -0.1) is 0 Å². The average molecular weight is 266 g/mol. The van der Waals surface area contributed by atoms with Gasteiger partial charge in [0, 0.05) is 33.2 Å². The van der Waals surface area contributed by atoms with Crippen LogP contribution in [0, 0.1) is 5.95 Å². The van der Waals surface area contributed by atoms with Gasteiger partial charge in [0.15, 0.2) is 0 Å². The topological polar surface area (TPSA) is 48.5 Å². The maximum absolute atomic E-state index is 14.0. The van der Waals surface area contributed by atoms with Crippen molar-refractivity contribution < 1.29 is 9.18 Å². The molecule has 104 valence electrons. The number of halogens is 1. The number of hydrogen-bond donors (Lipinski definition) is 1. The molecule has 5 nitrogen and oxygen atoms in total. The van der Waals surface area contributed by atoms with Crippen molar-refractivity contribution >= 4 is 11.6 Å². The van der Waals surface area contributed by atoms with Crippen molar-refractivity contribution in [2.24, 2.45) is 0 Å². The van der Waals surface area contributed by atoms with E-state index in [0.717, 1.165) is 32.7 Å². The van der Waals surface area contributed by atoms with Crippen LogP contribution >= 0.6 is 0 Å². The lowest BCUT2D eigenvalue weighted by Crippen LogP contribution is -2.46. The number of nitrogens with one attached hydrogen (secondary N) is 1. The fraction of sp³-hybridized carbons (Fsp3) is 0.538. The van der Waals surface area contributed by atoms with Crippen LogP contribution in [-0.4, -0.2) is 55.6 Å². The van der Waals surface area contributed by atoms with E-state index < -0.39 is 5.95 Å². The van der Waals surface area contributed by atoms with Gasteiger partial charge in [-0.05, 0) is 18.7 Å². The third-order valence-electron chi connectivity index (χ3n) is 3.45. The first kappa shape index (κ1) is 13.7. The maximum atomic E-state index is 14.0. The summed E-state index contributed by atoms with van der Waals surface area (Å²) in [6.07, 6.45) is 0. The second-order valence-corrected chi connectivity index (χ2v) is 4.51. The first-order valence-electron chi connectivity index (χ1n) is 6.51. The van der Waals surface area contributed by atoms with Gasteiger partial charge in [-0.1, -0.05) is 6.92 Å². The first-order valence-corrected chi connectivity index (χ1v) is 6.51. The van der Waals surface area contributed by atoms with Crippen LogP contribution in [0.25, 0.3) is 0 Å². The van der Waals surface area contributed by atoms with Crippen LogP contribution in [-0.2, 0) is 0 Å². The molecule has 0 atom stereocenters. The van der Waals surface area contributed by atoms with Crippen LogP contribution < -0.4 is 10.2 Å². The Morgan fingerprint density at radius 3 is 2.58 bits per heavy atom. The summed E-state index contributed by atoms with van der Waals surface area (Å²) < 4.78 is 14.0. The summed E-state index contributed by atoms with van der Waals surface area (Å²) in [5.74, 6) is -0.952. The van der Waals surface area contributed by atoms with Gasteiger partial charge in [-0.25, -0.2) is 4.98 Å². The molecule has 2 heterocycles. The van der Waals surface area contributed by atoms with E-state index in [1.54, 1.807) is 12.1 Å². The lowest BCUT2D eigenvalue weighted by atomic mass is 10.2. The molecule has 1 aromatic rings. The molecule has 1 aliphatic rings. The summed E-state index contributed by atoms with van der Waals surface area (Å²) in [7, 11) is 1.50. The van der Waals surface area contributed by atoms with Gasteiger partial charge in [-0.3, -0.25) is 4.79 Å². The molecule has 19 heavy (non-hydrogen) atoms. The van der Waals surface area contributed by atoms with Gasteiger partial charge in [0.05, 0.1) is 5.69 Å². The highest BCUT2D eigenvalue weighted by Crippen LogP contribution is 2.19. The minimum atomic E-state index is -0.578. The van der Waals surface area contributed by atoms with Crippen LogP contribution in [0.3, 0.4) is 0 Å². The molecule has 0 radical (unpaired) electrons. The van der Waals surface area contributed by atoms with Gasteiger partial charge < -0.3 is 15.1 Å². The van der Waals surface area contributed by atoms with Crippen molar-refractivity contribution in [1.82, 2.24) is 15.2 Å². The number of likely N-dealkylation sites (N-methyl/N-ethyl adjacent to an activating group) is 1. The lowest BCUT2D eigenvalue weighted by molar-refractivity contribution is 0.0957. The van der Waals surface area contributed by atoms with Gasteiger partial charge in [0.2, 0.25) is 5.95 Å². The summed E-state index contributed by atoms with van der Waals surface area (Å²) in [5.41, 5.74) is 0.583. The number of piperazine rings is 1. The van der Waals surface area contributed by atoms with Crippen LogP contribution in [0.5, 0.6) is 0 Å². The molecule has 2 rings (SSSR count). The first-order chi connectivity index (χ1) is 9.15. The monoisotopic (exact) mass is 266 g/mol. The molecule has 0 saturated carbocycles. The van der Waals surface area contributed by atoms with E-state index in [2.05, 4.69) is 22.1 Å². The summed E-state index contributed by atoms with van der Waals surface area (Å²) in [6, 6.07) is 3.19. The predicted octanol–water partition coefficient (Wildman–Crippen LogP) is 0.722. The van der Waals surface area contributed by atoms with E-state index >= 15 is 0 Å². The molecule has 6 heteroatoms. The van der Waals surface area contributed by atoms with Crippen molar-refractivity contribution in [2.75, 3.05) is 44.7 Å². The van der Waals surface area contributed by atoms with E-state index in [1.165, 1.54) is 7.05 Å². The minimum Gasteiger partial charge on any atom is -0.365 e. The zero-order valence-corrected chi connectivity index (χ0v) is 11.3. The number of pyridine rings is 1. The summed E-state index contributed by atoms with van der Waals surface area (Å²) in [4.78, 5) is 19.4. The Morgan fingerprint density at radius 1 is 1.37 bits per heavy atom. The number of carbonyl (C=O) groups is 1. The van der Waals surface area contributed by atoms with E-state index in [0.29, 0.717) is 5.69 Å². The highest BCUT2D eigenvalue weighted by Gasteiger charge is 2.20. The Kier molecular flexibility index (Phi) is 4.31. The molecule has 1 amide bonds. The van der Waals surface area contributed by atoms with Crippen molar-refractivity contribution in [1.29, 1.82) is 0 Å². The lowest BCUT2D eigenvalue weighted by Gasteiger charge is -2.35. The molecule has 1 aliphatic heterocycles. The van der Waals surface area contributed by atoms with Crippen LogP contribution in [0.1, 0.15) is 17.4 Å². The second kappa shape index (κ2) is 5.97. The van der Waals surface area contributed by atoms with Crippen molar-refractivity contribution in [3.63, 3.8) is 0 Å². The van der Waals surface area contributed by atoms with E-state index in [-0.39, 0.29) is 11.6 Å². The molecular weight excluding hydrogens is 247 g/mol. The van der Waals surface area contributed by atoms with Gasteiger partial charge in [-0.2, -0.15) is 4.39 Å². The quantitative estimate of drug-likeness (QED) is 0.819. The Balaban J connectivity index is 2.11. The molecule has 1 fully saturated rings. The van der Waals surface area contributed by atoms with Crippen LogP contribution in [0.4, 0.5) is 10.1 Å². The van der Waals surface area contributed by atoms with Gasteiger partial charge in [0.1, 0.15) is 5.69 Å². The Labute approximate surface area is 112 Å². The number of carbonyl (C=O) groups excluding carboxylic acids is 1. The molecule has 1 saturated heterocycles. The number of anilines is 1. The molecule has 0 aromatic carbocycles. The van der Waals surface area contributed by atoms with Gasteiger partial charge >= 0.3 is 0 Å². The van der Waals surface area contributed by atoms with Crippen LogP contribution in [0.2, 0.25) is 0 Å². The van der Waals surface area contributed by atoms with Gasteiger partial charge in [0.25, 0.3) is 5.91 Å². The number of nitrogens with zero attached hydrogens (tertiary/aromatic N) is 3. The summed E-state index contributed by atoms with van der Waals surface area (Å²) >= 11 is 0. The fourth-order valence-corrected chi connectivity index (χ4v) is 2.22. The Morgan fingerprint density at radius 2 is 2.05 bits per heavy atom. The van der Waals surface area contributed by atoms with E-state index in [4.69, 9.17) is 0 Å².